The van der Waals surface area contributed by atoms with Crippen LogP contribution in [0.5, 0.6) is 0 Å². The minimum Gasteiger partial charge on any atom is -1.00 e. The largest absolute Gasteiger partial charge is 3.00 e. The molecule has 2 aliphatic carbocycles. The van der Waals surface area contributed by atoms with E-state index in [4.69, 9.17) is 0 Å². The second-order valence-electron chi connectivity index (χ2n) is 14.6. The summed E-state index contributed by atoms with van der Waals surface area (Å²) < 4.78 is 0. The first-order valence-electron chi connectivity index (χ1n) is 20.2. The second-order valence-corrected chi connectivity index (χ2v) is 16.6. The molecule has 0 heterocycles. The summed E-state index contributed by atoms with van der Waals surface area (Å²) in [6.07, 6.45) is 6.80. The minimum absolute atomic E-state index is 0. The normalized spacial score (nSPS) is 13.3. The molecule has 0 spiro atoms. The van der Waals surface area contributed by atoms with Crippen molar-refractivity contribution in [2.75, 3.05) is 0 Å². The van der Waals surface area contributed by atoms with Crippen molar-refractivity contribution in [3.8, 4) is 22.3 Å². The minimum atomic E-state index is 0. The first-order valence-corrected chi connectivity index (χ1v) is 24.2. The average Bonchev–Trinajstić information content (AvgIpc) is 4.03. The molecule has 0 saturated heterocycles. The maximum absolute atomic E-state index is 3.40. The molecule has 8 aromatic carbocycles. The number of fused-ring (bicyclic) bond motifs is 4. The molecule has 0 fully saturated rings. The van der Waals surface area contributed by atoms with Gasteiger partial charge in [-0.05, 0) is 0 Å². The summed E-state index contributed by atoms with van der Waals surface area (Å²) in [7, 11) is 2.17. The zero-order valence-electron chi connectivity index (χ0n) is 37.2. The Kier molecular flexibility index (Phi) is 27.5. The molecule has 2 unspecified atom stereocenters. The maximum atomic E-state index is 3.40. The van der Waals surface area contributed by atoms with E-state index in [1.54, 1.807) is 0 Å². The first kappa shape index (κ1) is 56.8. The molecular formula is C56H56Cl2Si2Zr2. The van der Waals surface area contributed by atoms with Crippen molar-refractivity contribution in [2.24, 2.45) is 0 Å². The molecule has 10 rings (SSSR count). The molecular weight excluding hydrogens is 982 g/mol. The Morgan fingerprint density at radius 2 is 0.710 bits per heavy atom. The molecule has 6 heteroatoms. The van der Waals surface area contributed by atoms with Crippen LogP contribution >= 0.6 is 0 Å². The number of hydrogen-bond acceptors (Lipinski definition) is 0. The van der Waals surface area contributed by atoms with E-state index >= 15 is 0 Å². The molecule has 0 N–H and O–H groups in total. The quantitative estimate of drug-likeness (QED) is 0.120. The predicted molar refractivity (Wildman–Crippen MR) is 259 cm³/mol. The molecule has 0 nitrogen and oxygen atoms in total. The summed E-state index contributed by atoms with van der Waals surface area (Å²) >= 11 is 0. The Morgan fingerprint density at radius 1 is 0.419 bits per heavy atom. The zero-order chi connectivity index (χ0) is 41.3. The zero-order valence-corrected chi connectivity index (χ0v) is 45.7. The van der Waals surface area contributed by atoms with Gasteiger partial charge in [0.05, 0.1) is 0 Å². The Labute approximate surface area is 429 Å². The summed E-state index contributed by atoms with van der Waals surface area (Å²) in [5.74, 6) is 0.984. The molecule has 0 bridgehead atoms. The average molecular weight is 1040 g/mol. The molecule has 0 aromatic heterocycles. The molecule has 62 heavy (non-hydrogen) atoms. The van der Waals surface area contributed by atoms with Crippen LogP contribution in [-0.2, 0) is 52.4 Å². The number of allylic oxidation sites excluding steroid dienone is 4. The third-order valence-corrected chi connectivity index (χ3v) is 9.98. The standard InChI is InChI=1S/2C15H11.2C11H11.2C2H6Si.2ClH.2Zr/c2*1-2-6-12(7-3-1)15-10-13-8-4-5-9-14(13)11-15;2*1-8-7-9(2)11-6-4-3-5-10(8)11;2*1-3-2;;;;/h2*1-11H;2*3-6,8H,1-2H3;2*1-2H3;2*1H;;/q4*-1;;;;;2*+3/p-2. The van der Waals surface area contributed by atoms with Crippen molar-refractivity contribution in [1.82, 2.24) is 0 Å². The van der Waals surface area contributed by atoms with E-state index in [0.29, 0.717) is 11.8 Å². The number of rotatable bonds is 2. The fourth-order valence-electron chi connectivity index (χ4n) is 7.29. The van der Waals surface area contributed by atoms with Crippen LogP contribution in [0.3, 0.4) is 0 Å². The van der Waals surface area contributed by atoms with Crippen molar-refractivity contribution in [3.63, 3.8) is 0 Å². The van der Waals surface area contributed by atoms with Gasteiger partial charge < -0.3 is 24.8 Å². The van der Waals surface area contributed by atoms with E-state index in [9.17, 15) is 0 Å². The fraction of sp³-hybridized carbons (Fsp3) is 0.179. The van der Waals surface area contributed by atoms with Crippen LogP contribution in [0, 0.1) is 12.2 Å². The monoisotopic (exact) mass is 1030 g/mol. The molecule has 2 aliphatic rings. The van der Waals surface area contributed by atoms with Gasteiger partial charge in [-0.25, -0.2) is 11.1 Å². The van der Waals surface area contributed by atoms with Crippen molar-refractivity contribution in [3.05, 3.63) is 216 Å². The number of benzene rings is 6. The molecule has 310 valence electrons. The Balaban J connectivity index is 0.000000391. The molecule has 0 saturated carbocycles. The van der Waals surface area contributed by atoms with Crippen molar-refractivity contribution >= 4 is 51.7 Å². The van der Waals surface area contributed by atoms with Gasteiger partial charge in [0.2, 0.25) is 0 Å². The van der Waals surface area contributed by atoms with Crippen LogP contribution in [0.2, 0.25) is 26.2 Å². The molecule has 0 amide bonds. The van der Waals surface area contributed by atoms with Crippen molar-refractivity contribution < 1.29 is 77.2 Å². The van der Waals surface area contributed by atoms with Crippen LogP contribution in [0.4, 0.5) is 0 Å². The Hall–Kier alpha value is -3.20. The number of hydrogen-bond donors (Lipinski definition) is 0. The van der Waals surface area contributed by atoms with Crippen LogP contribution in [0.15, 0.2) is 182 Å². The van der Waals surface area contributed by atoms with Gasteiger partial charge in [0, 0.05) is 19.0 Å². The molecule has 0 aliphatic heterocycles. The fourth-order valence-corrected chi connectivity index (χ4v) is 7.29. The van der Waals surface area contributed by atoms with E-state index in [2.05, 4.69) is 236 Å². The van der Waals surface area contributed by atoms with Gasteiger partial charge in [0.15, 0.2) is 0 Å². The molecule has 2 atom stereocenters. The van der Waals surface area contributed by atoms with E-state index in [1.165, 1.54) is 77.2 Å². The maximum Gasteiger partial charge on any atom is 3.00 e. The third-order valence-electron chi connectivity index (χ3n) is 9.98. The van der Waals surface area contributed by atoms with Crippen molar-refractivity contribution in [2.45, 2.75) is 65.7 Å². The van der Waals surface area contributed by atoms with Crippen LogP contribution in [0.25, 0.3) is 54.9 Å². The van der Waals surface area contributed by atoms with Gasteiger partial charge in [-0.3, -0.25) is 12.2 Å². The summed E-state index contributed by atoms with van der Waals surface area (Å²) in [5.41, 5.74) is 13.4. The van der Waals surface area contributed by atoms with Gasteiger partial charge in [-0.2, -0.15) is 11.1 Å². The van der Waals surface area contributed by atoms with Gasteiger partial charge in [-0.15, -0.1) is 92.3 Å². The Bertz CT molecular complexity index is 2280. The van der Waals surface area contributed by atoms with Crippen LogP contribution in [-0.4, -0.2) is 19.0 Å². The molecule has 8 aromatic rings. The SMILES string of the molecule is CC1=[C-]C(C)c2ccccc21.CC1=[C-]C(C)c2ccccc21.C[Si]C.C[Si]C.[Cl-].[Cl-].[Zr+3].[Zr+3].c1ccc(-c2cc3ccccc3[cH-]2)cc1.c1ccc(-c2cc3ccccc3[cH-]2)cc1. The van der Waals surface area contributed by atoms with Gasteiger partial charge in [0.1, 0.15) is 0 Å². The first-order chi connectivity index (χ1) is 28.3. The summed E-state index contributed by atoms with van der Waals surface area (Å²) in [6, 6.07) is 64.0. The topological polar surface area (TPSA) is 0 Å². The van der Waals surface area contributed by atoms with E-state index in [1.807, 2.05) is 12.1 Å². The summed E-state index contributed by atoms with van der Waals surface area (Å²) in [6.45, 7) is 17.2. The van der Waals surface area contributed by atoms with Crippen molar-refractivity contribution in [1.29, 1.82) is 0 Å². The van der Waals surface area contributed by atoms with E-state index < -0.39 is 0 Å². The Morgan fingerprint density at radius 3 is 1.03 bits per heavy atom. The van der Waals surface area contributed by atoms with E-state index in [-0.39, 0.29) is 77.2 Å². The van der Waals surface area contributed by atoms with Gasteiger partial charge in [0.25, 0.3) is 0 Å². The van der Waals surface area contributed by atoms with Crippen LogP contribution < -0.4 is 24.8 Å². The second kappa shape index (κ2) is 30.0. The third kappa shape index (κ3) is 16.1. The van der Waals surface area contributed by atoms with Gasteiger partial charge in [-0.1, -0.05) is 210 Å². The molecule has 6 radical (unpaired) electrons. The smallest absolute Gasteiger partial charge is 1.00 e. The van der Waals surface area contributed by atoms with Gasteiger partial charge >= 0.3 is 52.4 Å². The predicted octanol–water partition coefficient (Wildman–Crippen LogP) is 10.0. The summed E-state index contributed by atoms with van der Waals surface area (Å²) in [5, 5.41) is 5.26. The van der Waals surface area contributed by atoms with Crippen LogP contribution in [0.1, 0.15) is 61.8 Å². The number of halogens is 2. The summed E-state index contributed by atoms with van der Waals surface area (Å²) in [4.78, 5) is 0. The van der Waals surface area contributed by atoms with E-state index in [0.717, 1.165) is 19.0 Å².